The van der Waals surface area contributed by atoms with Gasteiger partial charge in [-0.3, -0.25) is 4.90 Å². The number of benzene rings is 2. The first-order valence-corrected chi connectivity index (χ1v) is 6.79. The molecule has 2 aromatic rings. The zero-order valence-electron chi connectivity index (χ0n) is 11.2. The van der Waals surface area contributed by atoms with Gasteiger partial charge in [0.25, 0.3) is 0 Å². The molecule has 0 amide bonds. The summed E-state index contributed by atoms with van der Waals surface area (Å²) in [6.45, 7) is 3.96. The molecule has 0 saturated carbocycles. The monoisotopic (exact) mass is 253 g/mol. The van der Waals surface area contributed by atoms with Gasteiger partial charge in [-0.1, -0.05) is 54.6 Å². The molecular weight excluding hydrogens is 234 g/mol. The minimum atomic E-state index is -0.435. The molecule has 0 spiro atoms. The second-order valence-corrected chi connectivity index (χ2v) is 5.27. The van der Waals surface area contributed by atoms with Gasteiger partial charge in [-0.25, -0.2) is 0 Å². The molecule has 1 N–H and O–H groups in total. The highest BCUT2D eigenvalue weighted by Crippen LogP contribution is 2.29. The Morgan fingerprint density at radius 3 is 2.00 bits per heavy atom. The van der Waals surface area contributed by atoms with Crippen LogP contribution in [-0.4, -0.2) is 16.0 Å². The van der Waals surface area contributed by atoms with Crippen molar-refractivity contribution in [3.8, 4) is 0 Å². The van der Waals surface area contributed by atoms with Crippen molar-refractivity contribution in [3.05, 3.63) is 71.3 Å². The van der Waals surface area contributed by atoms with Crippen molar-refractivity contribution in [1.82, 2.24) is 4.90 Å². The topological polar surface area (TPSA) is 23.5 Å². The largest absolute Gasteiger partial charge is 0.387 e. The van der Waals surface area contributed by atoms with Crippen molar-refractivity contribution < 1.29 is 5.11 Å². The quantitative estimate of drug-likeness (QED) is 0.908. The summed E-state index contributed by atoms with van der Waals surface area (Å²) in [6, 6.07) is 18.6. The van der Waals surface area contributed by atoms with Crippen LogP contribution in [-0.2, 0) is 13.1 Å². The molecule has 0 aromatic heterocycles. The summed E-state index contributed by atoms with van der Waals surface area (Å²) in [5.41, 5.74) is 3.76. The fourth-order valence-electron chi connectivity index (χ4n) is 2.78. The second-order valence-electron chi connectivity index (χ2n) is 5.27. The van der Waals surface area contributed by atoms with Crippen LogP contribution in [0.3, 0.4) is 0 Å². The van der Waals surface area contributed by atoms with Gasteiger partial charge in [-0.05, 0) is 23.6 Å². The highest BCUT2D eigenvalue weighted by molar-refractivity contribution is 5.30. The first-order valence-electron chi connectivity index (χ1n) is 6.79. The Morgan fingerprint density at radius 2 is 1.42 bits per heavy atom. The zero-order chi connectivity index (χ0) is 13.2. The average Bonchev–Trinajstić information content (AvgIpc) is 2.90. The summed E-state index contributed by atoms with van der Waals surface area (Å²) in [7, 11) is 0. The summed E-state index contributed by atoms with van der Waals surface area (Å²) in [6.07, 6.45) is -0.435. The molecule has 19 heavy (non-hydrogen) atoms. The van der Waals surface area contributed by atoms with E-state index in [0.29, 0.717) is 0 Å². The molecule has 2 aromatic carbocycles. The van der Waals surface area contributed by atoms with Crippen LogP contribution in [0.4, 0.5) is 0 Å². The van der Waals surface area contributed by atoms with Gasteiger partial charge in [0.1, 0.15) is 0 Å². The van der Waals surface area contributed by atoms with Gasteiger partial charge in [-0.15, -0.1) is 0 Å². The van der Waals surface area contributed by atoms with Gasteiger partial charge < -0.3 is 5.11 Å². The molecule has 3 rings (SSSR count). The number of fused-ring (bicyclic) bond motifs is 1. The van der Waals surface area contributed by atoms with E-state index < -0.39 is 6.10 Å². The summed E-state index contributed by atoms with van der Waals surface area (Å²) in [5.74, 6) is 0. The number of rotatable bonds is 3. The molecule has 98 valence electrons. The minimum Gasteiger partial charge on any atom is -0.387 e. The van der Waals surface area contributed by atoms with E-state index in [1.165, 1.54) is 11.1 Å². The predicted molar refractivity (Wildman–Crippen MR) is 76.6 cm³/mol. The highest BCUT2D eigenvalue weighted by Gasteiger charge is 2.27. The van der Waals surface area contributed by atoms with Gasteiger partial charge >= 0.3 is 0 Å². The van der Waals surface area contributed by atoms with Crippen molar-refractivity contribution in [2.75, 3.05) is 0 Å². The normalized spacial score (nSPS) is 18.0. The van der Waals surface area contributed by atoms with Crippen LogP contribution >= 0.6 is 0 Å². The molecule has 0 saturated heterocycles. The maximum absolute atomic E-state index is 10.5. The lowest BCUT2D eigenvalue weighted by molar-refractivity contribution is 0.0559. The van der Waals surface area contributed by atoms with Crippen LogP contribution in [0.1, 0.15) is 29.7 Å². The van der Waals surface area contributed by atoms with E-state index in [9.17, 15) is 5.11 Å². The van der Waals surface area contributed by atoms with E-state index in [2.05, 4.69) is 36.1 Å². The number of aliphatic hydroxyl groups excluding tert-OH is 1. The number of hydrogen-bond donors (Lipinski definition) is 1. The van der Waals surface area contributed by atoms with E-state index in [4.69, 9.17) is 0 Å². The Hall–Kier alpha value is -1.64. The summed E-state index contributed by atoms with van der Waals surface area (Å²) < 4.78 is 0. The van der Waals surface area contributed by atoms with E-state index in [1.807, 2.05) is 30.3 Å². The Kier molecular flexibility index (Phi) is 3.36. The van der Waals surface area contributed by atoms with Crippen molar-refractivity contribution in [1.29, 1.82) is 0 Å². The van der Waals surface area contributed by atoms with Crippen molar-refractivity contribution in [2.45, 2.75) is 32.2 Å². The standard InChI is InChI=1S/C17H19NO/c1-13(17(19)14-7-3-2-4-8-14)18-11-15-9-5-6-10-16(15)12-18/h2-10,13,17,19H,11-12H2,1H3/t13?,17-/m1/s1. The van der Waals surface area contributed by atoms with Crippen LogP contribution < -0.4 is 0 Å². The molecule has 2 atom stereocenters. The van der Waals surface area contributed by atoms with Gasteiger partial charge in [-0.2, -0.15) is 0 Å². The second kappa shape index (κ2) is 5.16. The van der Waals surface area contributed by atoms with Crippen LogP contribution in [0.5, 0.6) is 0 Å². The maximum atomic E-state index is 10.5. The fraction of sp³-hybridized carbons (Fsp3) is 0.294. The van der Waals surface area contributed by atoms with E-state index in [0.717, 1.165) is 18.7 Å². The van der Waals surface area contributed by atoms with E-state index >= 15 is 0 Å². The first kappa shape index (κ1) is 12.4. The number of aliphatic hydroxyl groups is 1. The Bertz CT molecular complexity index is 527. The molecule has 1 heterocycles. The zero-order valence-corrected chi connectivity index (χ0v) is 11.2. The lowest BCUT2D eigenvalue weighted by atomic mass is 10.0. The molecule has 0 aliphatic carbocycles. The van der Waals surface area contributed by atoms with E-state index in [-0.39, 0.29) is 6.04 Å². The Labute approximate surface area is 114 Å². The Balaban J connectivity index is 1.75. The SMILES string of the molecule is CC([C@@H](O)c1ccccc1)N1Cc2ccccc2C1. The van der Waals surface area contributed by atoms with Crippen molar-refractivity contribution >= 4 is 0 Å². The van der Waals surface area contributed by atoms with Gasteiger partial charge in [0.2, 0.25) is 0 Å². The minimum absolute atomic E-state index is 0.120. The summed E-state index contributed by atoms with van der Waals surface area (Å²) >= 11 is 0. The summed E-state index contributed by atoms with van der Waals surface area (Å²) in [4.78, 5) is 2.34. The Morgan fingerprint density at radius 1 is 0.895 bits per heavy atom. The molecule has 1 unspecified atom stereocenters. The molecule has 1 aliphatic heterocycles. The first-order chi connectivity index (χ1) is 9.25. The lowest BCUT2D eigenvalue weighted by Crippen LogP contribution is -2.33. The third-order valence-corrected chi connectivity index (χ3v) is 4.04. The predicted octanol–water partition coefficient (Wildman–Crippen LogP) is 3.12. The van der Waals surface area contributed by atoms with Gasteiger partial charge in [0.05, 0.1) is 6.10 Å². The number of hydrogen-bond acceptors (Lipinski definition) is 2. The smallest absolute Gasteiger partial charge is 0.0942 e. The van der Waals surface area contributed by atoms with Crippen molar-refractivity contribution in [2.24, 2.45) is 0 Å². The molecule has 0 radical (unpaired) electrons. The van der Waals surface area contributed by atoms with Crippen LogP contribution in [0.15, 0.2) is 54.6 Å². The van der Waals surface area contributed by atoms with Crippen molar-refractivity contribution in [3.63, 3.8) is 0 Å². The highest BCUT2D eigenvalue weighted by atomic mass is 16.3. The van der Waals surface area contributed by atoms with Crippen LogP contribution in [0.2, 0.25) is 0 Å². The molecule has 2 nitrogen and oxygen atoms in total. The average molecular weight is 253 g/mol. The van der Waals surface area contributed by atoms with E-state index in [1.54, 1.807) is 0 Å². The molecule has 0 bridgehead atoms. The molecule has 0 fully saturated rings. The third-order valence-electron chi connectivity index (χ3n) is 4.04. The molecule has 1 aliphatic rings. The van der Waals surface area contributed by atoms with Crippen LogP contribution in [0.25, 0.3) is 0 Å². The van der Waals surface area contributed by atoms with Gasteiger partial charge in [0.15, 0.2) is 0 Å². The van der Waals surface area contributed by atoms with Gasteiger partial charge in [0, 0.05) is 19.1 Å². The lowest BCUT2D eigenvalue weighted by Gasteiger charge is -2.28. The third kappa shape index (κ3) is 2.42. The molecule has 2 heteroatoms. The molecular formula is C17H19NO. The maximum Gasteiger partial charge on any atom is 0.0942 e. The van der Waals surface area contributed by atoms with Crippen LogP contribution in [0, 0.1) is 0 Å². The number of nitrogens with zero attached hydrogens (tertiary/aromatic N) is 1. The fourth-order valence-corrected chi connectivity index (χ4v) is 2.78. The summed E-state index contributed by atoms with van der Waals surface area (Å²) in [5, 5.41) is 10.5.